The van der Waals surface area contributed by atoms with Gasteiger partial charge < -0.3 is 5.73 Å². The average Bonchev–Trinajstić information content (AvgIpc) is 2.40. The minimum atomic E-state index is -3.66. The fourth-order valence-electron chi connectivity index (χ4n) is 2.86. The minimum absolute atomic E-state index is 0.0545. The quantitative estimate of drug-likeness (QED) is 0.821. The molecule has 118 valence electrons. The van der Waals surface area contributed by atoms with Gasteiger partial charge in [-0.05, 0) is 36.5 Å². The maximum Gasteiger partial charge on any atom is 0.242 e. The van der Waals surface area contributed by atoms with Crippen LogP contribution in [0, 0.1) is 17.7 Å². The molecule has 4 nitrogen and oxygen atoms in total. The van der Waals surface area contributed by atoms with E-state index in [0.29, 0.717) is 12.5 Å². The van der Waals surface area contributed by atoms with Crippen LogP contribution in [0.15, 0.2) is 23.1 Å². The maximum atomic E-state index is 13.0. The van der Waals surface area contributed by atoms with Gasteiger partial charge in [-0.15, -0.1) is 0 Å². The minimum Gasteiger partial charge on any atom is -0.398 e. The van der Waals surface area contributed by atoms with Crippen molar-refractivity contribution in [3.63, 3.8) is 0 Å². The first-order chi connectivity index (χ1) is 9.88. The van der Waals surface area contributed by atoms with E-state index < -0.39 is 15.8 Å². The molecule has 0 radical (unpaired) electrons. The third-order valence-electron chi connectivity index (χ3n) is 4.24. The highest BCUT2D eigenvalue weighted by Crippen LogP contribution is 2.30. The highest BCUT2D eigenvalue weighted by Gasteiger charge is 2.20. The molecule has 1 aliphatic carbocycles. The molecule has 21 heavy (non-hydrogen) atoms. The lowest BCUT2D eigenvalue weighted by Crippen LogP contribution is -2.27. The van der Waals surface area contributed by atoms with Gasteiger partial charge in [0.15, 0.2) is 0 Å². The highest BCUT2D eigenvalue weighted by atomic mass is 32.2. The summed E-state index contributed by atoms with van der Waals surface area (Å²) in [5, 5.41) is 0. The van der Waals surface area contributed by atoms with E-state index in [0.717, 1.165) is 24.5 Å². The number of anilines is 1. The van der Waals surface area contributed by atoms with Gasteiger partial charge in [-0.3, -0.25) is 0 Å². The van der Waals surface area contributed by atoms with E-state index in [9.17, 15) is 12.8 Å². The van der Waals surface area contributed by atoms with Crippen LogP contribution >= 0.6 is 0 Å². The maximum absolute atomic E-state index is 13.0. The first-order valence-corrected chi connectivity index (χ1v) is 8.91. The van der Waals surface area contributed by atoms with Crippen molar-refractivity contribution in [3.8, 4) is 0 Å². The van der Waals surface area contributed by atoms with Crippen LogP contribution in [-0.2, 0) is 10.0 Å². The second-order valence-corrected chi connectivity index (χ2v) is 7.73. The molecule has 0 bridgehead atoms. The molecule has 1 aromatic rings. The Morgan fingerprint density at radius 1 is 1.29 bits per heavy atom. The zero-order valence-corrected chi connectivity index (χ0v) is 13.1. The van der Waals surface area contributed by atoms with Crippen LogP contribution in [0.1, 0.15) is 39.0 Å². The van der Waals surface area contributed by atoms with Gasteiger partial charge in [0.25, 0.3) is 0 Å². The second-order valence-electron chi connectivity index (χ2n) is 5.99. The summed E-state index contributed by atoms with van der Waals surface area (Å²) in [4.78, 5) is -0.0545. The van der Waals surface area contributed by atoms with Crippen LogP contribution < -0.4 is 10.5 Å². The van der Waals surface area contributed by atoms with E-state index in [1.54, 1.807) is 0 Å². The number of rotatable bonds is 5. The van der Waals surface area contributed by atoms with Crippen LogP contribution in [0.2, 0.25) is 0 Å². The van der Waals surface area contributed by atoms with Crippen molar-refractivity contribution >= 4 is 15.7 Å². The Hall–Kier alpha value is -1.14. The fraction of sp³-hybridized carbons (Fsp3) is 0.600. The largest absolute Gasteiger partial charge is 0.398 e. The van der Waals surface area contributed by atoms with Crippen molar-refractivity contribution in [2.45, 2.75) is 43.9 Å². The van der Waals surface area contributed by atoms with E-state index >= 15 is 0 Å². The van der Waals surface area contributed by atoms with E-state index in [1.165, 1.54) is 31.7 Å². The Bertz CT molecular complexity index is 581. The Kier molecular flexibility index (Phi) is 5.22. The van der Waals surface area contributed by atoms with E-state index in [1.807, 2.05) is 0 Å². The van der Waals surface area contributed by atoms with E-state index in [-0.39, 0.29) is 10.6 Å². The van der Waals surface area contributed by atoms with Gasteiger partial charge in [-0.1, -0.05) is 32.6 Å². The Morgan fingerprint density at radius 2 is 1.95 bits per heavy atom. The zero-order valence-electron chi connectivity index (χ0n) is 12.3. The summed E-state index contributed by atoms with van der Waals surface area (Å²) in [5.74, 6) is 0.842. The monoisotopic (exact) mass is 314 g/mol. The first-order valence-electron chi connectivity index (χ1n) is 7.43. The lowest BCUT2D eigenvalue weighted by molar-refractivity contribution is 0.278. The van der Waals surface area contributed by atoms with Gasteiger partial charge in [0, 0.05) is 6.54 Å². The molecule has 0 unspecified atom stereocenters. The molecule has 2 rings (SSSR count). The topological polar surface area (TPSA) is 72.2 Å². The number of halogens is 1. The van der Waals surface area contributed by atoms with Gasteiger partial charge in [0.2, 0.25) is 10.0 Å². The molecule has 0 aromatic heterocycles. The van der Waals surface area contributed by atoms with Crippen LogP contribution in [0.25, 0.3) is 0 Å². The van der Waals surface area contributed by atoms with Gasteiger partial charge in [0.1, 0.15) is 10.7 Å². The zero-order chi connectivity index (χ0) is 15.5. The third kappa shape index (κ3) is 4.41. The van der Waals surface area contributed by atoms with Gasteiger partial charge in [-0.25, -0.2) is 17.5 Å². The predicted octanol–water partition coefficient (Wildman–Crippen LogP) is 2.90. The van der Waals surface area contributed by atoms with E-state index in [4.69, 9.17) is 5.73 Å². The molecule has 1 fully saturated rings. The summed E-state index contributed by atoms with van der Waals surface area (Å²) in [5.41, 5.74) is 5.52. The van der Waals surface area contributed by atoms with Gasteiger partial charge >= 0.3 is 0 Å². The molecule has 1 aromatic carbocycles. The molecule has 6 heteroatoms. The summed E-state index contributed by atoms with van der Waals surface area (Å²) in [6.07, 6.45) is 5.63. The van der Waals surface area contributed by atoms with Gasteiger partial charge in [-0.2, -0.15) is 0 Å². The molecule has 0 heterocycles. The van der Waals surface area contributed by atoms with Crippen LogP contribution in [0.3, 0.4) is 0 Å². The molecule has 3 N–H and O–H groups in total. The molecule has 0 atom stereocenters. The summed E-state index contributed by atoms with van der Waals surface area (Å²) in [7, 11) is -3.66. The fourth-order valence-corrected chi connectivity index (χ4v) is 4.02. The van der Waals surface area contributed by atoms with Crippen molar-refractivity contribution < 1.29 is 12.8 Å². The Labute approximate surface area is 126 Å². The lowest BCUT2D eigenvalue weighted by Gasteiger charge is -2.26. The molecule has 0 spiro atoms. The smallest absolute Gasteiger partial charge is 0.242 e. The standard InChI is InChI=1S/C15H23FN2O2S/c1-11-2-4-12(5-3-11)8-9-18-21(19,20)15-7-6-13(16)10-14(15)17/h6-7,10-12,18H,2-5,8-9,17H2,1H3. The van der Waals surface area contributed by atoms with Crippen LogP contribution in [0.4, 0.5) is 10.1 Å². The SMILES string of the molecule is CC1CCC(CCNS(=O)(=O)c2ccc(F)cc2N)CC1. The number of benzene rings is 1. The molecular weight excluding hydrogens is 291 g/mol. The lowest BCUT2D eigenvalue weighted by atomic mass is 9.81. The van der Waals surface area contributed by atoms with Crippen LogP contribution in [-0.4, -0.2) is 15.0 Å². The normalized spacial score (nSPS) is 23.1. The van der Waals surface area contributed by atoms with E-state index in [2.05, 4.69) is 11.6 Å². The average molecular weight is 314 g/mol. The first kappa shape index (κ1) is 16.2. The molecule has 0 aliphatic heterocycles. The molecular formula is C15H23FN2O2S. The molecule has 1 aliphatic rings. The number of hydrogen-bond acceptors (Lipinski definition) is 3. The van der Waals surface area contributed by atoms with Crippen molar-refractivity contribution in [1.82, 2.24) is 4.72 Å². The number of nitrogen functional groups attached to an aromatic ring is 1. The molecule has 0 saturated heterocycles. The highest BCUT2D eigenvalue weighted by molar-refractivity contribution is 7.89. The number of nitrogens with two attached hydrogens (primary N) is 1. The summed E-state index contributed by atoms with van der Waals surface area (Å²) in [6, 6.07) is 3.33. The number of nitrogens with one attached hydrogen (secondary N) is 1. The van der Waals surface area contributed by atoms with Crippen molar-refractivity contribution in [1.29, 1.82) is 0 Å². The summed E-state index contributed by atoms with van der Waals surface area (Å²) in [6.45, 7) is 2.66. The number of sulfonamides is 1. The van der Waals surface area contributed by atoms with Crippen molar-refractivity contribution in [2.75, 3.05) is 12.3 Å². The predicted molar refractivity (Wildman–Crippen MR) is 81.7 cm³/mol. The van der Waals surface area contributed by atoms with Crippen molar-refractivity contribution in [3.05, 3.63) is 24.0 Å². The van der Waals surface area contributed by atoms with Gasteiger partial charge in [0.05, 0.1) is 5.69 Å². The number of hydrogen-bond donors (Lipinski definition) is 2. The Morgan fingerprint density at radius 3 is 2.57 bits per heavy atom. The second kappa shape index (κ2) is 6.75. The third-order valence-corrected chi connectivity index (χ3v) is 5.78. The Balaban J connectivity index is 1.89. The van der Waals surface area contributed by atoms with Crippen LogP contribution in [0.5, 0.6) is 0 Å². The summed E-state index contributed by atoms with van der Waals surface area (Å²) >= 11 is 0. The van der Waals surface area contributed by atoms with Crippen molar-refractivity contribution in [2.24, 2.45) is 11.8 Å². The summed E-state index contributed by atoms with van der Waals surface area (Å²) < 4.78 is 39.8. The molecule has 1 saturated carbocycles. The molecule has 0 amide bonds.